The van der Waals surface area contributed by atoms with E-state index in [1.165, 1.54) is 25.3 Å². The second-order valence-electron chi connectivity index (χ2n) is 8.27. The molecule has 0 bridgehead atoms. The Hall–Kier alpha value is -1.60. The molecule has 31 heavy (non-hydrogen) atoms. The van der Waals surface area contributed by atoms with Gasteiger partial charge in [-0.1, -0.05) is 35.7 Å². The highest BCUT2D eigenvalue weighted by Gasteiger charge is 2.24. The van der Waals surface area contributed by atoms with Crippen molar-refractivity contribution < 1.29 is 14.7 Å². The molecule has 0 unspecified atom stereocenters. The molecule has 6 nitrogen and oxygen atoms in total. The molecule has 0 saturated carbocycles. The molecule has 1 N–H and O–H groups in total. The third-order valence-corrected chi connectivity index (χ3v) is 6.65. The molecule has 0 spiro atoms. The Morgan fingerprint density at radius 1 is 1.06 bits per heavy atom. The molecule has 1 atom stereocenters. The zero-order valence-electron chi connectivity index (χ0n) is 17.8. The second kappa shape index (κ2) is 11.9. The maximum atomic E-state index is 12.6. The summed E-state index contributed by atoms with van der Waals surface area (Å²) < 4.78 is 0. The lowest BCUT2D eigenvalue weighted by Crippen LogP contribution is -2.40. The lowest BCUT2D eigenvalue weighted by molar-refractivity contribution is -0.130. The molecule has 2 fully saturated rings. The van der Waals surface area contributed by atoms with Gasteiger partial charge < -0.3 is 19.8 Å². The van der Waals surface area contributed by atoms with E-state index in [4.69, 9.17) is 23.2 Å². The fourth-order valence-electron chi connectivity index (χ4n) is 4.05. The number of hydrogen-bond acceptors (Lipinski definition) is 4. The highest BCUT2D eigenvalue weighted by molar-refractivity contribution is 6.42. The van der Waals surface area contributed by atoms with Gasteiger partial charge in [0.15, 0.2) is 0 Å². The molecule has 2 aliphatic heterocycles. The minimum Gasteiger partial charge on any atom is -0.392 e. The summed E-state index contributed by atoms with van der Waals surface area (Å²) in [5.41, 5.74) is 0.790. The molecule has 0 aromatic heterocycles. The van der Waals surface area contributed by atoms with Gasteiger partial charge in [-0.3, -0.25) is 9.59 Å². The van der Waals surface area contributed by atoms with Gasteiger partial charge in [-0.05, 0) is 56.1 Å². The number of β-amino-alcohol motifs (C(OH)–C–C–N with tert-alkyl or cyclic N) is 1. The third kappa shape index (κ3) is 7.49. The Kier molecular flexibility index (Phi) is 9.20. The van der Waals surface area contributed by atoms with Crippen LogP contribution in [0.2, 0.25) is 10.0 Å². The van der Waals surface area contributed by atoms with Gasteiger partial charge in [-0.25, -0.2) is 0 Å². The van der Waals surface area contributed by atoms with Crippen LogP contribution in [0.4, 0.5) is 0 Å². The molecular weight excluding hydrogens is 437 g/mol. The van der Waals surface area contributed by atoms with Crippen molar-refractivity contribution in [2.45, 2.75) is 38.2 Å². The summed E-state index contributed by atoms with van der Waals surface area (Å²) in [5, 5.41) is 11.3. The standard InChI is InChI=1S/C23H31Cl2N3O3/c24-20-6-4-18(16-21(20)25)5-7-22(30)28-13-9-23(31)27(14-15-28)12-8-19(29)17-26-10-2-1-3-11-26/h4-7,16,19,29H,1-3,8-15,17H2/t19-/m0/s1. The van der Waals surface area contributed by atoms with Crippen LogP contribution in [0.3, 0.4) is 0 Å². The van der Waals surface area contributed by atoms with Gasteiger partial charge in [-0.15, -0.1) is 0 Å². The van der Waals surface area contributed by atoms with E-state index in [1.54, 1.807) is 34.1 Å². The molecule has 8 heteroatoms. The van der Waals surface area contributed by atoms with Crippen molar-refractivity contribution in [1.82, 2.24) is 14.7 Å². The Balaban J connectivity index is 1.46. The molecule has 1 aromatic rings. The monoisotopic (exact) mass is 467 g/mol. The van der Waals surface area contributed by atoms with Crippen LogP contribution in [-0.4, -0.2) is 83.5 Å². The molecule has 2 saturated heterocycles. The van der Waals surface area contributed by atoms with Crippen molar-refractivity contribution in [2.75, 3.05) is 45.8 Å². The van der Waals surface area contributed by atoms with E-state index in [-0.39, 0.29) is 11.8 Å². The average Bonchev–Trinajstić information content (AvgIpc) is 2.95. The maximum Gasteiger partial charge on any atom is 0.246 e. The fraction of sp³-hybridized carbons (Fsp3) is 0.565. The minimum atomic E-state index is -0.430. The van der Waals surface area contributed by atoms with Crippen molar-refractivity contribution in [3.8, 4) is 0 Å². The Bertz CT molecular complexity index is 796. The van der Waals surface area contributed by atoms with Crippen LogP contribution in [-0.2, 0) is 9.59 Å². The molecule has 2 aliphatic rings. The average molecular weight is 468 g/mol. The number of amides is 2. The van der Waals surface area contributed by atoms with E-state index in [0.717, 1.165) is 18.7 Å². The first-order chi connectivity index (χ1) is 14.9. The summed E-state index contributed by atoms with van der Waals surface area (Å²) >= 11 is 11.9. The number of carbonyl (C=O) groups excluding carboxylic acids is 2. The fourth-order valence-corrected chi connectivity index (χ4v) is 4.36. The summed E-state index contributed by atoms with van der Waals surface area (Å²) in [5.74, 6) is -0.0974. The summed E-state index contributed by atoms with van der Waals surface area (Å²) in [4.78, 5) is 30.8. The van der Waals surface area contributed by atoms with Gasteiger partial charge in [0.2, 0.25) is 11.8 Å². The van der Waals surface area contributed by atoms with Crippen LogP contribution in [0.1, 0.15) is 37.7 Å². The summed E-state index contributed by atoms with van der Waals surface area (Å²) in [6, 6.07) is 5.19. The summed E-state index contributed by atoms with van der Waals surface area (Å²) in [6.07, 6.45) is 7.30. The summed E-state index contributed by atoms with van der Waals surface area (Å²) in [6.45, 7) is 4.66. The van der Waals surface area contributed by atoms with E-state index < -0.39 is 6.10 Å². The minimum absolute atomic E-state index is 0.0361. The second-order valence-corrected chi connectivity index (χ2v) is 9.08. The first-order valence-electron chi connectivity index (χ1n) is 11.0. The van der Waals surface area contributed by atoms with Gasteiger partial charge in [0, 0.05) is 45.2 Å². The van der Waals surface area contributed by atoms with E-state index in [2.05, 4.69) is 4.90 Å². The molecule has 2 amide bonds. The lowest BCUT2D eigenvalue weighted by Gasteiger charge is -2.29. The van der Waals surface area contributed by atoms with Gasteiger partial charge in [0.05, 0.1) is 16.1 Å². The van der Waals surface area contributed by atoms with Gasteiger partial charge >= 0.3 is 0 Å². The van der Waals surface area contributed by atoms with E-state index in [0.29, 0.717) is 55.6 Å². The number of piperidine rings is 1. The number of aliphatic hydroxyl groups excluding tert-OH is 1. The number of rotatable bonds is 7. The van der Waals surface area contributed by atoms with Crippen LogP contribution in [0.25, 0.3) is 6.08 Å². The number of aliphatic hydroxyl groups is 1. The largest absolute Gasteiger partial charge is 0.392 e. The third-order valence-electron chi connectivity index (χ3n) is 5.91. The molecule has 0 radical (unpaired) electrons. The van der Waals surface area contributed by atoms with Crippen molar-refractivity contribution in [2.24, 2.45) is 0 Å². The normalized spacial score (nSPS) is 19.6. The molecule has 3 rings (SSSR count). The predicted octanol–water partition coefficient (Wildman–Crippen LogP) is 3.30. The van der Waals surface area contributed by atoms with E-state index >= 15 is 0 Å². The maximum absolute atomic E-state index is 12.6. The van der Waals surface area contributed by atoms with E-state index in [1.807, 2.05) is 0 Å². The predicted molar refractivity (Wildman–Crippen MR) is 124 cm³/mol. The Labute approximate surface area is 194 Å². The first kappa shape index (κ1) is 24.1. The van der Waals surface area contributed by atoms with Gasteiger partial charge in [-0.2, -0.15) is 0 Å². The quantitative estimate of drug-likeness (QED) is 0.624. The number of hydrogen-bond donors (Lipinski definition) is 1. The zero-order chi connectivity index (χ0) is 22.2. The van der Waals surface area contributed by atoms with Crippen LogP contribution in [0.5, 0.6) is 0 Å². The van der Waals surface area contributed by atoms with Crippen molar-refractivity contribution >= 4 is 41.1 Å². The lowest BCUT2D eigenvalue weighted by atomic mass is 10.1. The number of benzene rings is 1. The molecule has 0 aliphatic carbocycles. The number of nitrogens with zero attached hydrogens (tertiary/aromatic N) is 3. The highest BCUT2D eigenvalue weighted by atomic mass is 35.5. The smallest absolute Gasteiger partial charge is 0.246 e. The number of likely N-dealkylation sites (tertiary alicyclic amines) is 1. The van der Waals surface area contributed by atoms with Gasteiger partial charge in [0.1, 0.15) is 0 Å². The SMILES string of the molecule is O=C(C=Cc1ccc(Cl)c(Cl)c1)N1CCC(=O)N(CC[C@H](O)CN2CCCCC2)CC1. The molecule has 2 heterocycles. The molecule has 170 valence electrons. The molecule has 1 aromatic carbocycles. The van der Waals surface area contributed by atoms with E-state index in [9.17, 15) is 14.7 Å². The van der Waals surface area contributed by atoms with Crippen LogP contribution in [0.15, 0.2) is 24.3 Å². The van der Waals surface area contributed by atoms with Crippen molar-refractivity contribution in [3.05, 3.63) is 39.9 Å². The van der Waals surface area contributed by atoms with Crippen LogP contribution in [0, 0.1) is 0 Å². The van der Waals surface area contributed by atoms with Crippen molar-refractivity contribution in [3.63, 3.8) is 0 Å². The zero-order valence-corrected chi connectivity index (χ0v) is 19.3. The van der Waals surface area contributed by atoms with Gasteiger partial charge in [0.25, 0.3) is 0 Å². The van der Waals surface area contributed by atoms with Crippen molar-refractivity contribution in [1.29, 1.82) is 0 Å². The Morgan fingerprint density at radius 3 is 2.58 bits per heavy atom. The first-order valence-corrected chi connectivity index (χ1v) is 11.8. The summed E-state index contributed by atoms with van der Waals surface area (Å²) in [7, 11) is 0. The number of halogens is 2. The topological polar surface area (TPSA) is 64.1 Å². The highest BCUT2D eigenvalue weighted by Crippen LogP contribution is 2.23. The Morgan fingerprint density at radius 2 is 1.84 bits per heavy atom. The number of carbonyl (C=O) groups is 2. The van der Waals surface area contributed by atoms with Crippen LogP contribution >= 0.6 is 23.2 Å². The molecular formula is C23H31Cl2N3O3. The van der Waals surface area contributed by atoms with Crippen LogP contribution < -0.4 is 0 Å².